The first-order chi connectivity index (χ1) is 10.4. The predicted molar refractivity (Wildman–Crippen MR) is 84.1 cm³/mol. The van der Waals surface area contributed by atoms with Gasteiger partial charge in [0.05, 0.1) is 27.8 Å². The van der Waals surface area contributed by atoms with E-state index in [0.717, 1.165) is 0 Å². The van der Waals surface area contributed by atoms with Gasteiger partial charge in [-0.15, -0.1) is 0 Å². The third-order valence-electron chi connectivity index (χ3n) is 2.82. The van der Waals surface area contributed by atoms with Gasteiger partial charge in [-0.3, -0.25) is 14.9 Å². The Balaban J connectivity index is 2.27. The second-order valence-corrected chi connectivity index (χ2v) is 5.04. The molecule has 0 bridgehead atoms. The monoisotopic (exact) mass is 340 g/mol. The summed E-state index contributed by atoms with van der Waals surface area (Å²) in [6.45, 7) is 0. The average Bonchev–Trinajstić information content (AvgIpc) is 2.49. The Morgan fingerprint density at radius 2 is 1.91 bits per heavy atom. The first-order valence-electron chi connectivity index (χ1n) is 6.01. The lowest BCUT2D eigenvalue weighted by atomic mass is 10.2. The molecule has 0 spiro atoms. The molecule has 0 radical (unpaired) electrons. The Labute approximate surface area is 135 Å². The van der Waals surface area contributed by atoms with Crippen LogP contribution in [0.2, 0.25) is 10.0 Å². The summed E-state index contributed by atoms with van der Waals surface area (Å²) >= 11 is 11.9. The highest BCUT2D eigenvalue weighted by atomic mass is 35.5. The summed E-state index contributed by atoms with van der Waals surface area (Å²) in [5, 5.41) is 13.7. The van der Waals surface area contributed by atoms with E-state index in [1.807, 2.05) is 0 Å². The number of nitrogens with one attached hydrogen (secondary N) is 1. The quantitative estimate of drug-likeness (QED) is 0.669. The molecule has 2 aromatic rings. The van der Waals surface area contributed by atoms with Crippen LogP contribution < -0.4 is 10.1 Å². The second kappa shape index (κ2) is 6.64. The molecule has 8 heteroatoms. The van der Waals surface area contributed by atoms with Crippen LogP contribution >= 0.6 is 23.2 Å². The fourth-order valence-electron chi connectivity index (χ4n) is 1.72. The maximum atomic E-state index is 12.2. The van der Waals surface area contributed by atoms with E-state index in [1.165, 1.54) is 37.4 Å². The number of non-ortho nitro benzene ring substituents is 1. The van der Waals surface area contributed by atoms with E-state index in [2.05, 4.69) is 5.32 Å². The highest BCUT2D eigenvalue weighted by Crippen LogP contribution is 2.28. The number of anilines is 1. The number of carbonyl (C=O) groups excluding carboxylic acids is 1. The van der Waals surface area contributed by atoms with E-state index in [1.54, 1.807) is 6.07 Å². The van der Waals surface area contributed by atoms with Crippen LogP contribution in [0.5, 0.6) is 5.75 Å². The number of nitrogens with zero attached hydrogens (tertiary/aromatic N) is 1. The van der Waals surface area contributed by atoms with Gasteiger partial charge in [0.25, 0.3) is 11.6 Å². The third-order valence-corrected chi connectivity index (χ3v) is 3.45. The maximum Gasteiger partial charge on any atom is 0.271 e. The number of hydrogen-bond donors (Lipinski definition) is 1. The highest BCUT2D eigenvalue weighted by molar-refractivity contribution is 6.34. The Kier molecular flexibility index (Phi) is 4.85. The van der Waals surface area contributed by atoms with Crippen molar-refractivity contribution in [3.8, 4) is 5.75 Å². The highest BCUT2D eigenvalue weighted by Gasteiger charge is 2.14. The minimum Gasteiger partial charge on any atom is -0.495 e. The van der Waals surface area contributed by atoms with E-state index < -0.39 is 10.8 Å². The van der Waals surface area contributed by atoms with Gasteiger partial charge in [0, 0.05) is 17.7 Å². The van der Waals surface area contributed by atoms with Gasteiger partial charge in [-0.05, 0) is 24.3 Å². The molecule has 2 rings (SSSR count). The summed E-state index contributed by atoms with van der Waals surface area (Å²) in [5.74, 6) is -0.0569. The van der Waals surface area contributed by atoms with E-state index in [0.29, 0.717) is 5.75 Å². The van der Waals surface area contributed by atoms with Crippen molar-refractivity contribution in [2.45, 2.75) is 0 Å². The molecule has 0 atom stereocenters. The Hall–Kier alpha value is -2.31. The molecule has 114 valence electrons. The van der Waals surface area contributed by atoms with Crippen LogP contribution in [0.4, 0.5) is 11.4 Å². The zero-order valence-corrected chi connectivity index (χ0v) is 12.8. The number of hydrogen-bond acceptors (Lipinski definition) is 4. The molecule has 0 aliphatic carbocycles. The van der Waals surface area contributed by atoms with E-state index in [9.17, 15) is 14.9 Å². The molecular weight excluding hydrogens is 331 g/mol. The minimum atomic E-state index is -0.573. The number of carbonyl (C=O) groups is 1. The normalized spacial score (nSPS) is 10.1. The lowest BCUT2D eigenvalue weighted by Gasteiger charge is -2.09. The van der Waals surface area contributed by atoms with Gasteiger partial charge in [-0.2, -0.15) is 0 Å². The fraction of sp³-hybridized carbons (Fsp3) is 0.0714. The van der Waals surface area contributed by atoms with Gasteiger partial charge >= 0.3 is 0 Å². The first-order valence-corrected chi connectivity index (χ1v) is 6.77. The number of amides is 1. The molecule has 0 saturated carbocycles. The molecular formula is C14H10Cl2N2O4. The predicted octanol–water partition coefficient (Wildman–Crippen LogP) is 4.16. The van der Waals surface area contributed by atoms with Crippen molar-refractivity contribution < 1.29 is 14.5 Å². The van der Waals surface area contributed by atoms with E-state index in [-0.39, 0.29) is 27.0 Å². The summed E-state index contributed by atoms with van der Waals surface area (Å²) in [6.07, 6.45) is 0. The third kappa shape index (κ3) is 3.47. The van der Waals surface area contributed by atoms with Crippen LogP contribution in [0, 0.1) is 10.1 Å². The topological polar surface area (TPSA) is 81.5 Å². The number of rotatable bonds is 4. The second-order valence-electron chi connectivity index (χ2n) is 4.22. The average molecular weight is 341 g/mol. The standard InChI is InChI=1S/C14H10Cl2N2O4/c1-22-13-5-2-8(6-11(13)16)14(19)17-12-7-9(18(20)21)3-4-10(12)15/h2-7H,1H3,(H,17,19). The molecule has 0 unspecified atom stereocenters. The van der Waals surface area contributed by atoms with Crippen LogP contribution in [0.1, 0.15) is 10.4 Å². The number of ether oxygens (including phenoxy) is 1. The van der Waals surface area contributed by atoms with Crippen LogP contribution in [-0.2, 0) is 0 Å². The van der Waals surface area contributed by atoms with Crippen LogP contribution in [-0.4, -0.2) is 17.9 Å². The molecule has 0 fully saturated rings. The van der Waals surface area contributed by atoms with Crippen LogP contribution in [0.3, 0.4) is 0 Å². The lowest BCUT2D eigenvalue weighted by Crippen LogP contribution is -2.12. The van der Waals surface area contributed by atoms with E-state index >= 15 is 0 Å². The lowest BCUT2D eigenvalue weighted by molar-refractivity contribution is -0.384. The van der Waals surface area contributed by atoms with Gasteiger partial charge in [-0.25, -0.2) is 0 Å². The van der Waals surface area contributed by atoms with Crippen LogP contribution in [0.25, 0.3) is 0 Å². The molecule has 0 saturated heterocycles. The number of nitro groups is 1. The zero-order valence-electron chi connectivity index (χ0n) is 11.3. The van der Waals surface area contributed by atoms with Gasteiger partial charge in [0.1, 0.15) is 5.75 Å². The molecule has 2 aromatic carbocycles. The van der Waals surface area contributed by atoms with Crippen molar-refractivity contribution in [2.24, 2.45) is 0 Å². The smallest absolute Gasteiger partial charge is 0.271 e. The van der Waals surface area contributed by atoms with E-state index in [4.69, 9.17) is 27.9 Å². The molecule has 22 heavy (non-hydrogen) atoms. The summed E-state index contributed by atoms with van der Waals surface area (Å²) in [5.41, 5.74) is 0.244. The van der Waals surface area contributed by atoms with Gasteiger partial charge in [-0.1, -0.05) is 23.2 Å². The molecule has 0 aliphatic heterocycles. The van der Waals surface area contributed by atoms with Crippen molar-refractivity contribution in [3.05, 3.63) is 62.1 Å². The zero-order chi connectivity index (χ0) is 16.3. The molecule has 0 aliphatic rings. The van der Waals surface area contributed by atoms with Crippen molar-refractivity contribution >= 4 is 40.5 Å². The Morgan fingerprint density at radius 3 is 2.50 bits per heavy atom. The number of benzene rings is 2. The van der Waals surface area contributed by atoms with Crippen molar-refractivity contribution in [2.75, 3.05) is 12.4 Å². The Morgan fingerprint density at radius 1 is 1.18 bits per heavy atom. The SMILES string of the molecule is COc1ccc(C(=O)Nc2cc([N+](=O)[O-])ccc2Cl)cc1Cl. The molecule has 0 heterocycles. The van der Waals surface area contributed by atoms with Gasteiger partial charge in [0.15, 0.2) is 0 Å². The fourth-order valence-corrected chi connectivity index (χ4v) is 2.15. The number of methoxy groups -OCH3 is 1. The number of nitro benzene ring substituents is 1. The molecule has 6 nitrogen and oxygen atoms in total. The number of halogens is 2. The Bertz CT molecular complexity index is 750. The summed E-state index contributed by atoms with van der Waals surface area (Å²) in [6, 6.07) is 8.28. The molecule has 1 amide bonds. The molecule has 1 N–H and O–H groups in total. The first kappa shape index (κ1) is 16.1. The minimum absolute atomic E-state index is 0.146. The summed E-state index contributed by atoms with van der Waals surface area (Å²) in [7, 11) is 1.46. The summed E-state index contributed by atoms with van der Waals surface area (Å²) in [4.78, 5) is 22.3. The van der Waals surface area contributed by atoms with Gasteiger partial charge in [0.2, 0.25) is 0 Å². The largest absolute Gasteiger partial charge is 0.495 e. The van der Waals surface area contributed by atoms with Crippen LogP contribution in [0.15, 0.2) is 36.4 Å². The van der Waals surface area contributed by atoms with Crippen molar-refractivity contribution in [3.63, 3.8) is 0 Å². The summed E-state index contributed by atoms with van der Waals surface area (Å²) < 4.78 is 5.00. The maximum absolute atomic E-state index is 12.2. The molecule has 0 aromatic heterocycles. The van der Waals surface area contributed by atoms with Crippen molar-refractivity contribution in [1.82, 2.24) is 0 Å². The van der Waals surface area contributed by atoms with Gasteiger partial charge < -0.3 is 10.1 Å². The van der Waals surface area contributed by atoms with Crippen molar-refractivity contribution in [1.29, 1.82) is 0 Å².